The standard InChI is InChI=1S/2C19H28O/c2*1-18-9-3-4-16(18)15-6-5-13-12-14(20)7-11-19(13,2)17(15)8-10-18/h2*3,9,13,15-17H,4-8,10-12H2,1-2H3/t2*13-,15-,16-,17-,18-,19-/m00/s1. The Bertz CT molecular complexity index is 1010. The highest BCUT2D eigenvalue weighted by atomic mass is 16.1. The van der Waals surface area contributed by atoms with Gasteiger partial charge in [-0.15, -0.1) is 0 Å². The average Bonchev–Trinajstić information content (AvgIpc) is 3.52. The predicted molar refractivity (Wildman–Crippen MR) is 163 cm³/mol. The molecule has 6 saturated carbocycles. The van der Waals surface area contributed by atoms with Crippen LogP contribution in [0.4, 0.5) is 0 Å². The average molecular weight is 545 g/mol. The lowest BCUT2D eigenvalue weighted by molar-refractivity contribution is -0.137. The van der Waals surface area contributed by atoms with Crippen molar-refractivity contribution in [1.82, 2.24) is 0 Å². The van der Waals surface area contributed by atoms with Gasteiger partial charge in [0.1, 0.15) is 11.6 Å². The molecule has 0 aromatic carbocycles. The van der Waals surface area contributed by atoms with E-state index in [1.54, 1.807) is 0 Å². The SMILES string of the molecule is C[C@]12CCC(=O)C[C@@H]1CC[C@@H]1[C@@H]2CC[C@]2(C)C=CC[C@@H]12.C[C@]12CCC(=O)C[C@@H]1CC[C@@H]1[C@@H]2CC[C@]2(C)C=CC[C@@H]12. The van der Waals surface area contributed by atoms with Gasteiger partial charge in [-0.2, -0.15) is 0 Å². The van der Waals surface area contributed by atoms with Crippen molar-refractivity contribution in [1.29, 1.82) is 0 Å². The molecule has 0 aromatic rings. The van der Waals surface area contributed by atoms with E-state index in [2.05, 4.69) is 52.0 Å². The molecule has 0 aliphatic heterocycles. The van der Waals surface area contributed by atoms with Crippen LogP contribution in [0, 0.1) is 69.0 Å². The maximum absolute atomic E-state index is 11.8. The first-order chi connectivity index (χ1) is 19.1. The molecule has 8 rings (SSSR count). The number of allylic oxidation sites excluding steroid dienone is 4. The monoisotopic (exact) mass is 544 g/mol. The highest BCUT2D eigenvalue weighted by Gasteiger charge is 2.58. The number of Topliss-reactive ketones (excluding diaryl/α,β-unsaturated/α-hetero) is 2. The van der Waals surface area contributed by atoms with Crippen molar-refractivity contribution in [2.24, 2.45) is 69.0 Å². The minimum Gasteiger partial charge on any atom is -0.300 e. The van der Waals surface area contributed by atoms with E-state index in [1.165, 1.54) is 77.0 Å². The fourth-order valence-electron chi connectivity index (χ4n) is 13.1. The molecule has 0 saturated heterocycles. The number of carbonyl (C=O) groups excluding carboxylic acids is 2. The maximum Gasteiger partial charge on any atom is 0.133 e. The van der Waals surface area contributed by atoms with Crippen LogP contribution in [0.15, 0.2) is 24.3 Å². The highest BCUT2D eigenvalue weighted by molar-refractivity contribution is 5.80. The van der Waals surface area contributed by atoms with Gasteiger partial charge in [-0.1, -0.05) is 52.0 Å². The number of fused-ring (bicyclic) bond motifs is 10. The second kappa shape index (κ2) is 9.67. The molecule has 0 aromatic heterocycles. The third kappa shape index (κ3) is 4.14. The van der Waals surface area contributed by atoms with Crippen molar-refractivity contribution in [3.05, 3.63) is 24.3 Å². The summed E-state index contributed by atoms with van der Waals surface area (Å²) in [5.74, 6) is 7.92. The summed E-state index contributed by atoms with van der Waals surface area (Å²) in [5.41, 5.74) is 1.94. The molecule has 0 radical (unpaired) electrons. The van der Waals surface area contributed by atoms with Crippen molar-refractivity contribution in [3.8, 4) is 0 Å². The molecule has 8 aliphatic rings. The Hall–Kier alpha value is -1.18. The topological polar surface area (TPSA) is 34.1 Å². The van der Waals surface area contributed by atoms with Gasteiger partial charge in [0.2, 0.25) is 0 Å². The van der Waals surface area contributed by atoms with Gasteiger partial charge in [0.25, 0.3) is 0 Å². The zero-order chi connectivity index (χ0) is 27.9. The second-order valence-corrected chi connectivity index (χ2v) is 17.2. The molecule has 12 atom stereocenters. The van der Waals surface area contributed by atoms with Crippen molar-refractivity contribution in [3.63, 3.8) is 0 Å². The van der Waals surface area contributed by atoms with E-state index in [0.717, 1.165) is 61.2 Å². The van der Waals surface area contributed by atoms with E-state index in [4.69, 9.17) is 0 Å². The minimum absolute atomic E-state index is 0.473. The van der Waals surface area contributed by atoms with Gasteiger partial charge < -0.3 is 0 Å². The first-order valence-corrected chi connectivity index (χ1v) is 17.4. The summed E-state index contributed by atoms with van der Waals surface area (Å²) >= 11 is 0. The van der Waals surface area contributed by atoms with E-state index < -0.39 is 0 Å². The molecular weight excluding hydrogens is 488 g/mol. The molecule has 40 heavy (non-hydrogen) atoms. The molecule has 0 N–H and O–H groups in total. The number of rotatable bonds is 0. The smallest absolute Gasteiger partial charge is 0.133 e. The molecule has 8 aliphatic carbocycles. The molecule has 6 fully saturated rings. The summed E-state index contributed by atoms with van der Waals surface area (Å²) in [6.45, 7) is 10.1. The van der Waals surface area contributed by atoms with Crippen molar-refractivity contribution < 1.29 is 9.59 Å². The summed E-state index contributed by atoms with van der Waals surface area (Å²) in [7, 11) is 0. The van der Waals surface area contributed by atoms with Gasteiger partial charge in [-0.05, 0) is 146 Å². The van der Waals surface area contributed by atoms with Gasteiger partial charge in [0.05, 0.1) is 0 Å². The molecule has 0 unspecified atom stereocenters. The third-order valence-electron chi connectivity index (χ3n) is 15.6. The van der Waals surface area contributed by atoms with E-state index in [1.807, 2.05) is 0 Å². The summed E-state index contributed by atoms with van der Waals surface area (Å²) in [5, 5.41) is 0. The van der Waals surface area contributed by atoms with Crippen LogP contribution in [0.3, 0.4) is 0 Å². The van der Waals surface area contributed by atoms with Crippen LogP contribution in [0.25, 0.3) is 0 Å². The Morgan fingerprint density at radius 1 is 0.550 bits per heavy atom. The van der Waals surface area contributed by atoms with Gasteiger partial charge in [0, 0.05) is 25.7 Å². The lowest BCUT2D eigenvalue weighted by Gasteiger charge is -2.59. The van der Waals surface area contributed by atoms with E-state index >= 15 is 0 Å². The highest BCUT2D eigenvalue weighted by Crippen LogP contribution is 2.66. The Morgan fingerprint density at radius 2 is 0.975 bits per heavy atom. The number of hydrogen-bond donors (Lipinski definition) is 0. The molecule has 0 bridgehead atoms. The third-order valence-corrected chi connectivity index (χ3v) is 15.6. The van der Waals surface area contributed by atoms with Crippen molar-refractivity contribution >= 4 is 11.6 Å². The number of ketones is 2. The summed E-state index contributed by atoms with van der Waals surface area (Å²) in [6, 6.07) is 0. The maximum atomic E-state index is 11.8. The second-order valence-electron chi connectivity index (χ2n) is 17.2. The molecular formula is C38H56O2. The Morgan fingerprint density at radius 3 is 1.40 bits per heavy atom. The van der Waals surface area contributed by atoms with E-state index in [9.17, 15) is 9.59 Å². The molecule has 220 valence electrons. The zero-order valence-corrected chi connectivity index (χ0v) is 26.1. The first-order valence-electron chi connectivity index (χ1n) is 17.4. The summed E-state index contributed by atoms with van der Waals surface area (Å²) < 4.78 is 0. The lowest BCUT2D eigenvalue weighted by Crippen LogP contribution is -2.52. The van der Waals surface area contributed by atoms with Gasteiger partial charge in [0.15, 0.2) is 0 Å². The summed E-state index contributed by atoms with van der Waals surface area (Å²) in [6.07, 6.45) is 29.4. The van der Waals surface area contributed by atoms with Crippen LogP contribution in [0.2, 0.25) is 0 Å². The zero-order valence-electron chi connectivity index (χ0n) is 26.1. The molecule has 0 spiro atoms. The Balaban J connectivity index is 0.000000132. The number of hydrogen-bond acceptors (Lipinski definition) is 2. The van der Waals surface area contributed by atoms with E-state index in [-0.39, 0.29) is 0 Å². The van der Waals surface area contributed by atoms with Gasteiger partial charge >= 0.3 is 0 Å². The molecule has 0 amide bonds. The summed E-state index contributed by atoms with van der Waals surface area (Å²) in [4.78, 5) is 23.7. The van der Waals surface area contributed by atoms with Gasteiger partial charge in [-0.3, -0.25) is 9.59 Å². The van der Waals surface area contributed by atoms with Crippen LogP contribution in [-0.4, -0.2) is 11.6 Å². The molecule has 2 heteroatoms. The quantitative estimate of drug-likeness (QED) is 0.285. The van der Waals surface area contributed by atoms with Crippen LogP contribution >= 0.6 is 0 Å². The van der Waals surface area contributed by atoms with Gasteiger partial charge in [-0.25, -0.2) is 0 Å². The molecule has 0 heterocycles. The lowest BCUT2D eigenvalue weighted by atomic mass is 9.45. The fraction of sp³-hybridized carbons (Fsp3) is 0.842. The van der Waals surface area contributed by atoms with Crippen molar-refractivity contribution in [2.45, 2.75) is 130 Å². The Kier molecular flexibility index (Phi) is 6.68. The molecule has 2 nitrogen and oxygen atoms in total. The largest absolute Gasteiger partial charge is 0.300 e. The predicted octanol–water partition coefficient (Wildman–Crippen LogP) is 9.53. The first kappa shape index (κ1) is 27.6. The minimum atomic E-state index is 0.473. The van der Waals surface area contributed by atoms with Crippen molar-refractivity contribution in [2.75, 3.05) is 0 Å². The van der Waals surface area contributed by atoms with Crippen LogP contribution in [0.5, 0.6) is 0 Å². The van der Waals surface area contributed by atoms with Crippen LogP contribution in [-0.2, 0) is 9.59 Å². The van der Waals surface area contributed by atoms with Crippen LogP contribution in [0.1, 0.15) is 130 Å². The van der Waals surface area contributed by atoms with Crippen LogP contribution < -0.4 is 0 Å². The number of carbonyl (C=O) groups is 2. The normalized spacial score (nSPS) is 54.2. The van der Waals surface area contributed by atoms with E-state index in [0.29, 0.717) is 45.1 Å². The Labute approximate surface area is 244 Å². The fourth-order valence-corrected chi connectivity index (χ4v) is 13.1.